The Balaban J connectivity index is 2.40. The van der Waals surface area contributed by atoms with E-state index >= 15 is 0 Å². The molecule has 0 saturated heterocycles. The summed E-state index contributed by atoms with van der Waals surface area (Å²) in [5.74, 6) is 2.21. The van der Waals surface area contributed by atoms with Gasteiger partial charge in [-0.3, -0.25) is 0 Å². The first-order valence-corrected chi connectivity index (χ1v) is 7.97. The Hall–Kier alpha value is -1.38. The smallest absolute Gasteiger partial charge is 0.0875 e. The predicted octanol–water partition coefficient (Wildman–Crippen LogP) is 4.67. The molecule has 0 spiro atoms. The van der Waals surface area contributed by atoms with Gasteiger partial charge in [0.1, 0.15) is 0 Å². The molecule has 0 aromatic carbocycles. The van der Waals surface area contributed by atoms with Gasteiger partial charge in [-0.05, 0) is 56.3 Å². The highest BCUT2D eigenvalue weighted by Gasteiger charge is 2.28. The molecule has 3 nitrogen and oxygen atoms in total. The van der Waals surface area contributed by atoms with Gasteiger partial charge in [-0.25, -0.2) is 0 Å². The van der Waals surface area contributed by atoms with Crippen LogP contribution in [0.3, 0.4) is 0 Å². The molecule has 1 saturated carbocycles. The third-order valence-corrected chi connectivity index (χ3v) is 4.29. The van der Waals surface area contributed by atoms with Crippen LogP contribution >= 0.6 is 0 Å². The van der Waals surface area contributed by atoms with Crippen molar-refractivity contribution in [2.24, 2.45) is 17.8 Å². The van der Waals surface area contributed by atoms with Crippen LogP contribution in [0.2, 0.25) is 0 Å². The molecule has 0 unspecified atom stereocenters. The molecule has 0 aromatic heterocycles. The van der Waals surface area contributed by atoms with Crippen molar-refractivity contribution in [3.63, 3.8) is 0 Å². The molecule has 0 radical (unpaired) electrons. The fourth-order valence-corrected chi connectivity index (χ4v) is 3.36. The third-order valence-electron chi connectivity index (χ3n) is 4.29. The fraction of sp³-hybridized carbons (Fsp3) is 0.667. The lowest BCUT2D eigenvalue weighted by molar-refractivity contribution is 0.109. The van der Waals surface area contributed by atoms with E-state index in [2.05, 4.69) is 19.7 Å². The number of ether oxygens (including phenoxy) is 3. The number of rotatable bonds is 12. The summed E-state index contributed by atoms with van der Waals surface area (Å²) in [5, 5.41) is 0. The second-order valence-electron chi connectivity index (χ2n) is 5.78. The van der Waals surface area contributed by atoms with E-state index in [4.69, 9.17) is 14.2 Å². The molecule has 0 amide bonds. The highest BCUT2D eigenvalue weighted by atomic mass is 16.5. The standard InChI is InChI=1S/C18H30O3/c1-4-19-10-7-16-13-17(8-11-20-5-2)15-18(14-16)9-12-21-6-3/h4-6,16-18H,1-3,7-15H2. The van der Waals surface area contributed by atoms with E-state index in [1.807, 2.05) is 0 Å². The van der Waals surface area contributed by atoms with E-state index in [0.29, 0.717) is 0 Å². The maximum absolute atomic E-state index is 5.29. The molecule has 1 aliphatic carbocycles. The van der Waals surface area contributed by atoms with Gasteiger partial charge in [-0.15, -0.1) is 0 Å². The average molecular weight is 294 g/mol. The summed E-state index contributed by atoms with van der Waals surface area (Å²) in [6.45, 7) is 13.1. The van der Waals surface area contributed by atoms with E-state index in [1.165, 1.54) is 38.0 Å². The number of hydrogen-bond acceptors (Lipinski definition) is 3. The van der Waals surface area contributed by atoms with E-state index in [-0.39, 0.29) is 0 Å². The van der Waals surface area contributed by atoms with Gasteiger partial charge in [-0.1, -0.05) is 19.7 Å². The first-order chi connectivity index (χ1) is 10.3. The Morgan fingerprint density at radius 2 is 0.905 bits per heavy atom. The van der Waals surface area contributed by atoms with Crippen LogP contribution in [0.25, 0.3) is 0 Å². The molecule has 0 aliphatic heterocycles. The van der Waals surface area contributed by atoms with Crippen LogP contribution in [-0.2, 0) is 14.2 Å². The van der Waals surface area contributed by atoms with Gasteiger partial charge in [0, 0.05) is 0 Å². The third kappa shape index (κ3) is 7.84. The first kappa shape index (κ1) is 17.7. The molecule has 0 aromatic rings. The van der Waals surface area contributed by atoms with Crippen molar-refractivity contribution in [2.75, 3.05) is 19.8 Å². The summed E-state index contributed by atoms with van der Waals surface area (Å²) < 4.78 is 15.9. The van der Waals surface area contributed by atoms with Crippen molar-refractivity contribution in [1.29, 1.82) is 0 Å². The van der Waals surface area contributed by atoms with Crippen LogP contribution in [0.1, 0.15) is 38.5 Å². The number of hydrogen-bond donors (Lipinski definition) is 0. The van der Waals surface area contributed by atoms with Gasteiger partial charge in [0.25, 0.3) is 0 Å². The second kappa shape index (κ2) is 11.3. The molecule has 120 valence electrons. The first-order valence-electron chi connectivity index (χ1n) is 7.97. The molecule has 3 heteroatoms. The molecule has 21 heavy (non-hydrogen) atoms. The second-order valence-corrected chi connectivity index (χ2v) is 5.78. The van der Waals surface area contributed by atoms with Crippen LogP contribution in [0.5, 0.6) is 0 Å². The lowest BCUT2D eigenvalue weighted by Crippen LogP contribution is -2.25. The topological polar surface area (TPSA) is 27.7 Å². The normalized spacial score (nSPS) is 24.9. The van der Waals surface area contributed by atoms with Crippen molar-refractivity contribution in [1.82, 2.24) is 0 Å². The van der Waals surface area contributed by atoms with E-state index in [9.17, 15) is 0 Å². The fourth-order valence-electron chi connectivity index (χ4n) is 3.36. The quantitative estimate of drug-likeness (QED) is 0.387. The van der Waals surface area contributed by atoms with E-state index < -0.39 is 0 Å². The lowest BCUT2D eigenvalue weighted by Gasteiger charge is -2.35. The molecular weight excluding hydrogens is 264 g/mol. The van der Waals surface area contributed by atoms with Crippen LogP contribution in [-0.4, -0.2) is 19.8 Å². The average Bonchev–Trinajstić information content (AvgIpc) is 2.48. The van der Waals surface area contributed by atoms with Crippen LogP contribution in [0.15, 0.2) is 38.5 Å². The Morgan fingerprint density at radius 3 is 1.14 bits per heavy atom. The zero-order chi connectivity index (χ0) is 15.3. The Bertz CT molecular complexity index is 247. The minimum Gasteiger partial charge on any atom is -0.502 e. The molecule has 1 rings (SSSR count). The van der Waals surface area contributed by atoms with Gasteiger partial charge in [0.15, 0.2) is 0 Å². The zero-order valence-electron chi connectivity index (χ0n) is 13.2. The SMILES string of the molecule is C=COCCC1CC(CCOC=C)CC(CCOC=C)C1. The molecule has 0 atom stereocenters. The Labute approximate surface area is 129 Å². The van der Waals surface area contributed by atoms with Crippen molar-refractivity contribution >= 4 is 0 Å². The van der Waals surface area contributed by atoms with Gasteiger partial charge < -0.3 is 14.2 Å². The summed E-state index contributed by atoms with van der Waals surface area (Å²) in [5.41, 5.74) is 0. The van der Waals surface area contributed by atoms with Crippen molar-refractivity contribution in [3.05, 3.63) is 38.5 Å². The zero-order valence-corrected chi connectivity index (χ0v) is 13.2. The van der Waals surface area contributed by atoms with Gasteiger partial charge in [0.2, 0.25) is 0 Å². The minimum atomic E-state index is 0.737. The van der Waals surface area contributed by atoms with Crippen LogP contribution in [0.4, 0.5) is 0 Å². The molecule has 0 bridgehead atoms. The van der Waals surface area contributed by atoms with E-state index in [1.54, 1.807) is 0 Å². The van der Waals surface area contributed by atoms with Gasteiger partial charge >= 0.3 is 0 Å². The summed E-state index contributed by atoms with van der Waals surface area (Å²) in [6.07, 6.45) is 11.8. The largest absolute Gasteiger partial charge is 0.502 e. The molecular formula is C18H30O3. The highest BCUT2D eigenvalue weighted by Crippen LogP contribution is 2.38. The van der Waals surface area contributed by atoms with Crippen molar-refractivity contribution < 1.29 is 14.2 Å². The molecule has 0 N–H and O–H groups in total. The van der Waals surface area contributed by atoms with Crippen LogP contribution in [0, 0.1) is 17.8 Å². The van der Waals surface area contributed by atoms with Gasteiger partial charge in [-0.2, -0.15) is 0 Å². The predicted molar refractivity (Wildman–Crippen MR) is 86.6 cm³/mol. The summed E-state index contributed by atoms with van der Waals surface area (Å²) in [7, 11) is 0. The molecule has 1 aliphatic rings. The minimum absolute atomic E-state index is 0.737. The lowest BCUT2D eigenvalue weighted by atomic mass is 9.72. The summed E-state index contributed by atoms with van der Waals surface area (Å²) >= 11 is 0. The summed E-state index contributed by atoms with van der Waals surface area (Å²) in [6, 6.07) is 0. The maximum Gasteiger partial charge on any atom is 0.0875 e. The van der Waals surface area contributed by atoms with Gasteiger partial charge in [0.05, 0.1) is 38.6 Å². The Morgan fingerprint density at radius 1 is 0.619 bits per heavy atom. The maximum atomic E-state index is 5.29. The van der Waals surface area contributed by atoms with Crippen molar-refractivity contribution in [2.45, 2.75) is 38.5 Å². The Kier molecular flexibility index (Phi) is 9.51. The molecule has 1 fully saturated rings. The summed E-state index contributed by atoms with van der Waals surface area (Å²) in [4.78, 5) is 0. The van der Waals surface area contributed by atoms with Crippen LogP contribution < -0.4 is 0 Å². The van der Waals surface area contributed by atoms with E-state index in [0.717, 1.165) is 56.8 Å². The molecule has 0 heterocycles. The van der Waals surface area contributed by atoms with Crippen molar-refractivity contribution in [3.8, 4) is 0 Å². The highest BCUT2D eigenvalue weighted by molar-refractivity contribution is 4.79. The monoisotopic (exact) mass is 294 g/mol.